The third-order valence-corrected chi connectivity index (χ3v) is 6.25. The summed E-state index contributed by atoms with van der Waals surface area (Å²) in [6.45, 7) is 0.362. The van der Waals surface area contributed by atoms with E-state index in [2.05, 4.69) is 10.3 Å². The number of carboxylic acid groups (broad SMARTS) is 1. The maximum absolute atomic E-state index is 12.5. The van der Waals surface area contributed by atoms with E-state index in [0.29, 0.717) is 36.7 Å². The van der Waals surface area contributed by atoms with Crippen LogP contribution < -0.4 is 14.8 Å². The maximum Gasteiger partial charge on any atom is 0.407 e. The number of rotatable bonds is 5. The molecule has 1 aromatic heterocycles. The molecule has 5 rings (SSSR count). The number of hydrogen-bond acceptors (Lipinski definition) is 6. The summed E-state index contributed by atoms with van der Waals surface area (Å²) in [5, 5.41) is 21.7. The van der Waals surface area contributed by atoms with Crippen molar-refractivity contribution < 1.29 is 29.3 Å². The number of aromatic nitrogens is 1. The number of carbonyl (C=O) groups excluding carboxylic acids is 1. The number of likely N-dealkylation sites (tertiary alicyclic amines) is 1. The molecule has 0 aliphatic carbocycles. The molecule has 0 radical (unpaired) electrons. The smallest absolute Gasteiger partial charge is 0.407 e. The molecule has 3 heterocycles. The van der Waals surface area contributed by atoms with Crippen LogP contribution in [0.1, 0.15) is 36.5 Å². The fourth-order valence-electron chi connectivity index (χ4n) is 4.52. The molecule has 0 saturated carbocycles. The summed E-state index contributed by atoms with van der Waals surface area (Å²) < 4.78 is 12.0. The van der Waals surface area contributed by atoms with Gasteiger partial charge in [0.25, 0.3) is 0 Å². The lowest BCUT2D eigenvalue weighted by atomic mass is 9.97. The zero-order chi connectivity index (χ0) is 24.4. The molecule has 2 aliphatic heterocycles. The van der Waals surface area contributed by atoms with E-state index in [0.717, 1.165) is 34.6 Å². The van der Waals surface area contributed by atoms with Gasteiger partial charge in [-0.05, 0) is 73.2 Å². The van der Waals surface area contributed by atoms with E-state index in [1.54, 1.807) is 24.3 Å². The van der Waals surface area contributed by atoms with Gasteiger partial charge in [-0.15, -0.1) is 0 Å². The molecule has 3 N–H and O–H groups in total. The molecular weight excluding hydrogens is 450 g/mol. The minimum Gasteiger partial charge on any atom is -0.508 e. The number of aryl methyl sites for hydroxylation is 1. The highest BCUT2D eigenvalue weighted by atomic mass is 16.5. The summed E-state index contributed by atoms with van der Waals surface area (Å²) in [4.78, 5) is 29.2. The van der Waals surface area contributed by atoms with Crippen LogP contribution in [0.5, 0.6) is 23.1 Å². The molecule has 2 amide bonds. The van der Waals surface area contributed by atoms with Crippen molar-refractivity contribution in [2.45, 2.75) is 37.8 Å². The van der Waals surface area contributed by atoms with Gasteiger partial charge in [-0.25, -0.2) is 9.78 Å². The van der Waals surface area contributed by atoms with Gasteiger partial charge in [-0.2, -0.15) is 0 Å². The first-order valence-corrected chi connectivity index (χ1v) is 11.5. The summed E-state index contributed by atoms with van der Waals surface area (Å²) in [6, 6.07) is 15.3. The van der Waals surface area contributed by atoms with Crippen LogP contribution in [0.4, 0.5) is 10.5 Å². The second-order valence-electron chi connectivity index (χ2n) is 8.62. The fraction of sp³-hybridized carbons (Fsp3) is 0.269. The summed E-state index contributed by atoms with van der Waals surface area (Å²) in [6.07, 6.45) is 3.04. The van der Waals surface area contributed by atoms with Crippen molar-refractivity contribution >= 4 is 17.7 Å². The summed E-state index contributed by atoms with van der Waals surface area (Å²) in [5.74, 6) is 1.63. The number of pyridine rings is 1. The molecule has 2 aromatic carbocycles. The Morgan fingerprint density at radius 2 is 2.00 bits per heavy atom. The second kappa shape index (κ2) is 9.54. The number of amides is 2. The SMILES string of the molecule is O=C(Nc1ccc(Oc2ccc3c(c2)CCC(c2cccc(O)c2)O3)nc1)[C@@H]1CCCN1C(=O)O. The topological polar surface area (TPSA) is 121 Å². The lowest BCUT2D eigenvalue weighted by Crippen LogP contribution is -2.42. The van der Waals surface area contributed by atoms with Gasteiger partial charge in [0.2, 0.25) is 11.8 Å². The molecule has 1 saturated heterocycles. The zero-order valence-corrected chi connectivity index (χ0v) is 18.9. The molecule has 35 heavy (non-hydrogen) atoms. The van der Waals surface area contributed by atoms with Crippen molar-refractivity contribution in [2.75, 3.05) is 11.9 Å². The number of phenols is 1. The minimum absolute atomic E-state index is 0.113. The number of ether oxygens (including phenoxy) is 2. The Balaban J connectivity index is 1.20. The molecule has 9 nitrogen and oxygen atoms in total. The van der Waals surface area contributed by atoms with Crippen molar-refractivity contribution in [1.29, 1.82) is 0 Å². The quantitative estimate of drug-likeness (QED) is 0.488. The van der Waals surface area contributed by atoms with Crippen LogP contribution in [0, 0.1) is 0 Å². The van der Waals surface area contributed by atoms with Crippen LogP contribution in [-0.2, 0) is 11.2 Å². The Morgan fingerprint density at radius 3 is 2.77 bits per heavy atom. The first-order chi connectivity index (χ1) is 17.0. The van der Waals surface area contributed by atoms with Crippen LogP contribution in [0.15, 0.2) is 60.8 Å². The first-order valence-electron chi connectivity index (χ1n) is 11.5. The Morgan fingerprint density at radius 1 is 1.11 bits per heavy atom. The molecule has 3 aromatic rings. The number of hydrogen-bond donors (Lipinski definition) is 3. The number of aromatic hydroxyl groups is 1. The molecule has 180 valence electrons. The molecule has 1 fully saturated rings. The van der Waals surface area contributed by atoms with Crippen LogP contribution in [0.2, 0.25) is 0 Å². The number of benzene rings is 2. The molecule has 1 unspecified atom stereocenters. The largest absolute Gasteiger partial charge is 0.508 e. The van der Waals surface area contributed by atoms with Gasteiger partial charge in [0.1, 0.15) is 29.4 Å². The van der Waals surface area contributed by atoms with E-state index in [1.165, 1.54) is 6.20 Å². The lowest BCUT2D eigenvalue weighted by molar-refractivity contribution is -0.119. The van der Waals surface area contributed by atoms with E-state index in [-0.39, 0.29) is 17.8 Å². The minimum atomic E-state index is -1.09. The zero-order valence-electron chi connectivity index (χ0n) is 18.9. The Bertz CT molecular complexity index is 1250. The third kappa shape index (κ3) is 4.98. The fourth-order valence-corrected chi connectivity index (χ4v) is 4.52. The summed E-state index contributed by atoms with van der Waals surface area (Å²) in [7, 11) is 0. The van der Waals surface area contributed by atoms with Crippen LogP contribution in [-0.4, -0.2) is 44.7 Å². The third-order valence-electron chi connectivity index (χ3n) is 6.25. The van der Waals surface area contributed by atoms with Gasteiger partial charge in [0.15, 0.2) is 0 Å². The second-order valence-corrected chi connectivity index (χ2v) is 8.62. The Labute approximate surface area is 201 Å². The number of nitrogens with zero attached hydrogens (tertiary/aromatic N) is 2. The van der Waals surface area contributed by atoms with Gasteiger partial charge in [-0.1, -0.05) is 12.1 Å². The lowest BCUT2D eigenvalue weighted by Gasteiger charge is -2.26. The Hall–Kier alpha value is -4.27. The average Bonchev–Trinajstić information content (AvgIpc) is 3.36. The van der Waals surface area contributed by atoms with E-state index in [9.17, 15) is 19.8 Å². The predicted molar refractivity (Wildman–Crippen MR) is 127 cm³/mol. The van der Waals surface area contributed by atoms with E-state index < -0.39 is 12.1 Å². The highest BCUT2D eigenvalue weighted by Crippen LogP contribution is 2.38. The molecule has 2 aliphatic rings. The van der Waals surface area contributed by atoms with Crippen molar-refractivity contribution in [3.8, 4) is 23.1 Å². The number of anilines is 1. The monoisotopic (exact) mass is 475 g/mol. The Kier molecular flexibility index (Phi) is 6.13. The van der Waals surface area contributed by atoms with Crippen molar-refractivity contribution in [3.63, 3.8) is 0 Å². The number of fused-ring (bicyclic) bond motifs is 1. The molecule has 0 spiro atoms. The standard InChI is InChI=1S/C26H25N3O6/c30-19-4-1-3-16(13-19)22-9-6-17-14-20(8-10-23(17)35-22)34-24-11-7-18(15-27-24)28-25(31)21-5-2-12-29(21)26(32)33/h1,3-4,7-8,10-11,13-15,21-22,30H,2,5-6,9,12H2,(H,28,31)(H,32,33)/t21-,22?/m0/s1. The van der Waals surface area contributed by atoms with Crippen molar-refractivity contribution in [3.05, 3.63) is 71.9 Å². The van der Waals surface area contributed by atoms with Crippen LogP contribution in [0.25, 0.3) is 0 Å². The molecular formula is C26H25N3O6. The van der Waals surface area contributed by atoms with Gasteiger partial charge >= 0.3 is 6.09 Å². The van der Waals surface area contributed by atoms with Crippen molar-refractivity contribution in [1.82, 2.24) is 9.88 Å². The van der Waals surface area contributed by atoms with Crippen molar-refractivity contribution in [2.24, 2.45) is 0 Å². The highest BCUT2D eigenvalue weighted by Gasteiger charge is 2.34. The number of carbonyl (C=O) groups is 2. The molecule has 0 bridgehead atoms. The van der Waals surface area contributed by atoms with Gasteiger partial charge < -0.3 is 25.0 Å². The van der Waals surface area contributed by atoms with Gasteiger partial charge in [-0.3, -0.25) is 9.69 Å². The molecule has 2 atom stereocenters. The first kappa shape index (κ1) is 22.5. The normalized spacial score (nSPS) is 18.9. The highest BCUT2D eigenvalue weighted by molar-refractivity contribution is 5.96. The maximum atomic E-state index is 12.5. The van der Waals surface area contributed by atoms with E-state index >= 15 is 0 Å². The average molecular weight is 476 g/mol. The number of phenolic OH excluding ortho intramolecular Hbond substituents is 1. The van der Waals surface area contributed by atoms with E-state index in [1.807, 2.05) is 30.3 Å². The molecule has 9 heteroatoms. The predicted octanol–water partition coefficient (Wildman–Crippen LogP) is 4.73. The summed E-state index contributed by atoms with van der Waals surface area (Å²) >= 11 is 0. The van der Waals surface area contributed by atoms with E-state index in [4.69, 9.17) is 9.47 Å². The van der Waals surface area contributed by atoms with Crippen LogP contribution in [0.3, 0.4) is 0 Å². The van der Waals surface area contributed by atoms with Gasteiger partial charge in [0, 0.05) is 12.6 Å². The van der Waals surface area contributed by atoms with Crippen LogP contribution >= 0.6 is 0 Å². The number of nitrogens with one attached hydrogen (secondary N) is 1. The summed E-state index contributed by atoms with van der Waals surface area (Å²) in [5.41, 5.74) is 2.44. The van der Waals surface area contributed by atoms with Gasteiger partial charge in [0.05, 0.1) is 11.9 Å².